The van der Waals surface area contributed by atoms with Gasteiger partial charge in [0.2, 0.25) is 0 Å². The molecule has 1 atom stereocenters. The highest BCUT2D eigenvalue weighted by Crippen LogP contribution is 2.19. The molecule has 0 aliphatic heterocycles. The van der Waals surface area contributed by atoms with E-state index in [1.807, 2.05) is 22.9 Å². The Morgan fingerprint density at radius 1 is 1.39 bits per heavy atom. The first-order valence-corrected chi connectivity index (χ1v) is 8.09. The molecule has 2 N–H and O–H groups in total. The first-order chi connectivity index (χ1) is 11.1. The second-order valence-corrected chi connectivity index (χ2v) is 5.87. The van der Waals surface area contributed by atoms with Gasteiger partial charge in [-0.15, -0.1) is 0 Å². The molecule has 0 spiro atoms. The topological polar surface area (TPSA) is 75.4 Å². The second-order valence-electron chi connectivity index (χ2n) is 5.09. The SMILES string of the molecule is Cc1nc(-c2ccco2)ccc1C(=O)NCC(O)c1ccsc1. The van der Waals surface area contributed by atoms with Gasteiger partial charge in [-0.05, 0) is 53.6 Å². The van der Waals surface area contributed by atoms with E-state index in [0.29, 0.717) is 22.7 Å². The highest BCUT2D eigenvalue weighted by Gasteiger charge is 2.14. The molecule has 0 saturated carbocycles. The lowest BCUT2D eigenvalue weighted by atomic mass is 10.1. The molecule has 0 fully saturated rings. The van der Waals surface area contributed by atoms with Crippen LogP contribution in [0.4, 0.5) is 0 Å². The molecule has 3 aromatic heterocycles. The molecule has 0 aliphatic carbocycles. The van der Waals surface area contributed by atoms with Gasteiger partial charge in [0.15, 0.2) is 5.76 Å². The fraction of sp³-hybridized carbons (Fsp3) is 0.176. The standard InChI is InChI=1S/C17H16N2O3S/c1-11-13(4-5-14(19-11)16-3-2-7-22-16)17(21)18-9-15(20)12-6-8-23-10-12/h2-8,10,15,20H,9H2,1H3,(H,18,21). The average Bonchev–Trinajstić information content (AvgIpc) is 3.24. The molecule has 118 valence electrons. The lowest BCUT2D eigenvalue weighted by molar-refractivity contribution is 0.0915. The minimum Gasteiger partial charge on any atom is -0.463 e. The van der Waals surface area contributed by atoms with E-state index in [1.165, 1.54) is 11.3 Å². The molecule has 0 aromatic carbocycles. The number of furan rings is 1. The molecule has 1 unspecified atom stereocenters. The van der Waals surface area contributed by atoms with Gasteiger partial charge in [-0.25, -0.2) is 4.98 Å². The molecule has 0 saturated heterocycles. The maximum atomic E-state index is 12.3. The number of pyridine rings is 1. The third-order valence-electron chi connectivity index (χ3n) is 3.49. The van der Waals surface area contributed by atoms with Crippen LogP contribution in [0.5, 0.6) is 0 Å². The molecule has 0 aliphatic rings. The number of thiophene rings is 1. The number of nitrogens with one attached hydrogen (secondary N) is 1. The van der Waals surface area contributed by atoms with Crippen LogP contribution in [0.2, 0.25) is 0 Å². The third-order valence-corrected chi connectivity index (χ3v) is 4.19. The molecule has 5 nitrogen and oxygen atoms in total. The van der Waals surface area contributed by atoms with Crippen LogP contribution in [0.15, 0.2) is 51.8 Å². The van der Waals surface area contributed by atoms with Crippen LogP contribution < -0.4 is 5.32 Å². The molecule has 0 radical (unpaired) electrons. The maximum absolute atomic E-state index is 12.3. The zero-order valence-electron chi connectivity index (χ0n) is 12.5. The van der Waals surface area contributed by atoms with E-state index in [1.54, 1.807) is 31.4 Å². The fourth-order valence-electron chi connectivity index (χ4n) is 2.23. The molecule has 3 heterocycles. The normalized spacial score (nSPS) is 12.1. The van der Waals surface area contributed by atoms with Crippen LogP contribution in [0.3, 0.4) is 0 Å². The number of aliphatic hydroxyl groups is 1. The number of carbonyl (C=O) groups excluding carboxylic acids is 1. The molecule has 6 heteroatoms. The molecular weight excluding hydrogens is 312 g/mol. The Hall–Kier alpha value is -2.44. The highest BCUT2D eigenvalue weighted by molar-refractivity contribution is 7.07. The number of amides is 1. The smallest absolute Gasteiger partial charge is 0.253 e. The predicted octanol–water partition coefficient (Wildman–Crippen LogP) is 3.17. The van der Waals surface area contributed by atoms with Crippen molar-refractivity contribution in [2.45, 2.75) is 13.0 Å². The first kappa shape index (κ1) is 15.5. The van der Waals surface area contributed by atoms with Gasteiger partial charge in [0, 0.05) is 6.54 Å². The van der Waals surface area contributed by atoms with E-state index in [-0.39, 0.29) is 12.5 Å². The van der Waals surface area contributed by atoms with Crippen LogP contribution in [0.25, 0.3) is 11.5 Å². The lowest BCUT2D eigenvalue weighted by Crippen LogP contribution is -2.29. The quantitative estimate of drug-likeness (QED) is 0.754. The van der Waals surface area contributed by atoms with Gasteiger partial charge in [0.1, 0.15) is 5.69 Å². The summed E-state index contributed by atoms with van der Waals surface area (Å²) in [7, 11) is 0. The number of aliphatic hydroxyl groups excluding tert-OH is 1. The van der Waals surface area contributed by atoms with E-state index >= 15 is 0 Å². The summed E-state index contributed by atoms with van der Waals surface area (Å²) < 4.78 is 5.30. The molecule has 3 rings (SSSR count). The molecule has 23 heavy (non-hydrogen) atoms. The summed E-state index contributed by atoms with van der Waals surface area (Å²) in [4.78, 5) is 16.7. The summed E-state index contributed by atoms with van der Waals surface area (Å²) in [5.74, 6) is 0.406. The van der Waals surface area contributed by atoms with Crippen molar-refractivity contribution in [3.8, 4) is 11.5 Å². The summed E-state index contributed by atoms with van der Waals surface area (Å²) in [6.07, 6.45) is 0.875. The van der Waals surface area contributed by atoms with Crippen LogP contribution in [0, 0.1) is 6.92 Å². The van der Waals surface area contributed by atoms with Gasteiger partial charge >= 0.3 is 0 Å². The van der Waals surface area contributed by atoms with E-state index < -0.39 is 6.10 Å². The van der Waals surface area contributed by atoms with Crippen molar-refractivity contribution in [3.05, 3.63) is 64.2 Å². The zero-order chi connectivity index (χ0) is 16.2. The van der Waals surface area contributed by atoms with Gasteiger partial charge < -0.3 is 14.8 Å². The average molecular weight is 328 g/mol. The Balaban J connectivity index is 1.68. The van der Waals surface area contributed by atoms with Gasteiger partial charge in [-0.1, -0.05) is 0 Å². The van der Waals surface area contributed by atoms with E-state index in [0.717, 1.165) is 5.56 Å². The number of nitrogens with zero attached hydrogens (tertiary/aromatic N) is 1. The second kappa shape index (κ2) is 6.76. The van der Waals surface area contributed by atoms with E-state index in [4.69, 9.17) is 4.42 Å². The van der Waals surface area contributed by atoms with Gasteiger partial charge in [-0.3, -0.25) is 4.79 Å². The number of hydrogen-bond donors (Lipinski definition) is 2. The summed E-state index contributed by atoms with van der Waals surface area (Å²) in [6.45, 7) is 1.94. The Kier molecular flexibility index (Phi) is 4.55. The monoisotopic (exact) mass is 328 g/mol. The Bertz CT molecular complexity index is 782. The summed E-state index contributed by atoms with van der Waals surface area (Å²) in [5.41, 5.74) is 2.58. The van der Waals surface area contributed by atoms with Crippen molar-refractivity contribution in [2.75, 3.05) is 6.54 Å². The number of hydrogen-bond acceptors (Lipinski definition) is 5. The van der Waals surface area contributed by atoms with Gasteiger partial charge in [-0.2, -0.15) is 11.3 Å². The van der Waals surface area contributed by atoms with Crippen molar-refractivity contribution < 1.29 is 14.3 Å². The zero-order valence-corrected chi connectivity index (χ0v) is 13.3. The molecular formula is C17H16N2O3S. The molecule has 1 amide bonds. The summed E-state index contributed by atoms with van der Waals surface area (Å²) >= 11 is 1.51. The van der Waals surface area contributed by atoms with Crippen molar-refractivity contribution in [1.82, 2.24) is 10.3 Å². The van der Waals surface area contributed by atoms with Crippen LogP contribution in [-0.4, -0.2) is 22.5 Å². The largest absolute Gasteiger partial charge is 0.463 e. The fourth-order valence-corrected chi connectivity index (χ4v) is 2.94. The highest BCUT2D eigenvalue weighted by atomic mass is 32.1. The Labute approximate surface area is 137 Å². The van der Waals surface area contributed by atoms with Crippen molar-refractivity contribution in [1.29, 1.82) is 0 Å². The molecule has 3 aromatic rings. The van der Waals surface area contributed by atoms with E-state index in [2.05, 4.69) is 10.3 Å². The van der Waals surface area contributed by atoms with E-state index in [9.17, 15) is 9.90 Å². The van der Waals surface area contributed by atoms with Crippen molar-refractivity contribution in [3.63, 3.8) is 0 Å². The van der Waals surface area contributed by atoms with Gasteiger partial charge in [0.25, 0.3) is 5.91 Å². The summed E-state index contributed by atoms with van der Waals surface area (Å²) in [6, 6.07) is 8.91. The third kappa shape index (κ3) is 3.49. The van der Waals surface area contributed by atoms with Crippen LogP contribution >= 0.6 is 11.3 Å². The number of carbonyl (C=O) groups is 1. The molecule has 0 bridgehead atoms. The van der Waals surface area contributed by atoms with Crippen LogP contribution in [0.1, 0.15) is 27.7 Å². The predicted molar refractivity (Wildman–Crippen MR) is 88.3 cm³/mol. The lowest BCUT2D eigenvalue weighted by Gasteiger charge is -2.12. The number of rotatable bonds is 5. The van der Waals surface area contributed by atoms with Gasteiger partial charge in [0.05, 0.1) is 23.6 Å². The van der Waals surface area contributed by atoms with Crippen molar-refractivity contribution in [2.24, 2.45) is 0 Å². The minimum absolute atomic E-state index is 0.162. The number of aryl methyl sites for hydroxylation is 1. The Morgan fingerprint density at radius 2 is 2.26 bits per heavy atom. The minimum atomic E-state index is -0.708. The summed E-state index contributed by atoms with van der Waals surface area (Å²) in [5, 5.41) is 16.5. The van der Waals surface area contributed by atoms with Crippen LogP contribution in [-0.2, 0) is 0 Å². The first-order valence-electron chi connectivity index (χ1n) is 7.15. The maximum Gasteiger partial charge on any atom is 0.253 e. The van der Waals surface area contributed by atoms with Crippen molar-refractivity contribution >= 4 is 17.2 Å². The number of aromatic nitrogens is 1. The Morgan fingerprint density at radius 3 is 2.91 bits per heavy atom.